The molecule has 0 unspecified atom stereocenters. The number of nitrogens with zero attached hydrogens (tertiary/aromatic N) is 6. The van der Waals surface area contributed by atoms with Crippen LogP contribution in [-0.4, -0.2) is 38.2 Å². The first-order valence-electron chi connectivity index (χ1n) is 16.2. The highest BCUT2D eigenvalue weighted by atomic mass is 19.4. The second-order valence-electron chi connectivity index (χ2n) is 13.2. The summed E-state index contributed by atoms with van der Waals surface area (Å²) >= 11 is 0. The molecule has 4 aromatic rings. The first kappa shape index (κ1) is 33.5. The lowest BCUT2D eigenvalue weighted by Gasteiger charge is -2.38. The number of nitriles is 1. The summed E-state index contributed by atoms with van der Waals surface area (Å²) in [5.74, 6) is -0.320. The Kier molecular flexibility index (Phi) is 8.32. The average molecular weight is 695 g/mol. The van der Waals surface area contributed by atoms with E-state index in [9.17, 15) is 31.1 Å². The predicted octanol–water partition coefficient (Wildman–Crippen LogP) is 7.49. The highest BCUT2D eigenvalue weighted by molar-refractivity contribution is 6.10. The predicted molar refractivity (Wildman–Crippen MR) is 171 cm³/mol. The van der Waals surface area contributed by atoms with Crippen molar-refractivity contribution in [2.75, 3.05) is 16.8 Å². The number of aromatic nitrogens is 4. The molecule has 2 aliphatic carbocycles. The average Bonchev–Trinajstić information content (AvgIpc) is 3.70. The van der Waals surface area contributed by atoms with Crippen LogP contribution in [0.5, 0.6) is 0 Å². The van der Waals surface area contributed by atoms with Crippen molar-refractivity contribution in [2.24, 2.45) is 12.5 Å². The Labute approximate surface area is 283 Å². The third kappa shape index (κ3) is 6.28. The van der Waals surface area contributed by atoms with Gasteiger partial charge < -0.3 is 15.2 Å². The van der Waals surface area contributed by atoms with Crippen molar-refractivity contribution in [3.8, 4) is 28.6 Å². The van der Waals surface area contributed by atoms with Crippen LogP contribution in [0.1, 0.15) is 71.1 Å². The molecule has 2 aromatic heterocycles. The normalized spacial score (nSPS) is 17.8. The molecule has 2 saturated carbocycles. The molecule has 2 fully saturated rings. The molecule has 9 nitrogen and oxygen atoms in total. The number of hydrogen-bond donors (Lipinski definition) is 2. The number of halogens is 6. The van der Waals surface area contributed by atoms with Crippen LogP contribution in [-0.2, 0) is 32.5 Å². The molecule has 15 heteroatoms. The van der Waals surface area contributed by atoms with E-state index in [2.05, 4.69) is 25.8 Å². The van der Waals surface area contributed by atoms with Crippen molar-refractivity contribution >= 4 is 17.5 Å². The maximum absolute atomic E-state index is 14.5. The molecule has 3 aliphatic rings. The number of aryl methyl sites for hydroxylation is 1. The van der Waals surface area contributed by atoms with Crippen LogP contribution in [0.15, 0.2) is 48.8 Å². The smallest absolute Gasteiger partial charge is 0.370 e. The number of carbonyl (C=O) groups excluding carboxylic acids is 1. The lowest BCUT2D eigenvalue weighted by Crippen LogP contribution is -2.45. The number of hydrogen-bond acceptors (Lipinski definition) is 7. The Hall–Kier alpha value is -4.97. The zero-order valence-electron chi connectivity index (χ0n) is 26.9. The van der Waals surface area contributed by atoms with Gasteiger partial charge in [0.2, 0.25) is 0 Å². The number of rotatable bonds is 10. The fraction of sp³-hybridized carbons (Fsp3) is 0.400. The van der Waals surface area contributed by atoms with Crippen molar-refractivity contribution in [1.82, 2.24) is 25.1 Å². The van der Waals surface area contributed by atoms with Gasteiger partial charge in [-0.2, -0.15) is 31.6 Å². The number of pyridine rings is 1. The summed E-state index contributed by atoms with van der Waals surface area (Å²) in [5.41, 5.74) is -0.922. The summed E-state index contributed by atoms with van der Waals surface area (Å²) in [7, 11) is 1.63. The molecule has 3 heterocycles. The van der Waals surface area contributed by atoms with Crippen LogP contribution in [0, 0.1) is 16.7 Å². The minimum absolute atomic E-state index is 0.0502. The van der Waals surface area contributed by atoms with Crippen LogP contribution >= 0.6 is 0 Å². The Morgan fingerprint density at radius 3 is 2.44 bits per heavy atom. The van der Waals surface area contributed by atoms with Gasteiger partial charge in [-0.25, -0.2) is 4.98 Å². The second kappa shape index (κ2) is 12.4. The van der Waals surface area contributed by atoms with E-state index in [1.54, 1.807) is 7.05 Å². The zero-order valence-corrected chi connectivity index (χ0v) is 26.9. The molecule has 0 radical (unpaired) electrons. The van der Waals surface area contributed by atoms with Gasteiger partial charge in [-0.05, 0) is 102 Å². The lowest BCUT2D eigenvalue weighted by atomic mass is 9.76. The number of anilines is 2. The summed E-state index contributed by atoms with van der Waals surface area (Å²) in [4.78, 5) is 19.6. The molecule has 1 amide bonds. The highest BCUT2D eigenvalue weighted by Gasteiger charge is 2.55. The third-order valence-electron chi connectivity index (χ3n) is 9.99. The summed E-state index contributed by atoms with van der Waals surface area (Å²) in [6.07, 6.45) is -3.09. The number of alkyl halides is 6. The Morgan fingerprint density at radius 1 is 1.00 bits per heavy atom. The molecule has 50 heavy (non-hydrogen) atoms. The van der Waals surface area contributed by atoms with Crippen molar-refractivity contribution in [3.63, 3.8) is 0 Å². The molecule has 0 bridgehead atoms. The molecule has 1 aliphatic heterocycles. The van der Waals surface area contributed by atoms with E-state index in [1.807, 2.05) is 6.07 Å². The minimum atomic E-state index is -4.74. The first-order valence-corrected chi connectivity index (χ1v) is 16.2. The van der Waals surface area contributed by atoms with Crippen LogP contribution in [0.25, 0.3) is 22.5 Å². The molecule has 2 aromatic carbocycles. The van der Waals surface area contributed by atoms with Crippen molar-refractivity contribution in [2.45, 2.75) is 70.0 Å². The monoisotopic (exact) mass is 694 g/mol. The number of amides is 1. The van der Waals surface area contributed by atoms with Gasteiger partial charge in [0.1, 0.15) is 18.0 Å². The first-order chi connectivity index (χ1) is 23.8. The van der Waals surface area contributed by atoms with E-state index in [1.165, 1.54) is 35.2 Å². The number of fused-ring (bicyclic) bond motifs is 1. The quantitative estimate of drug-likeness (QED) is 0.131. The SMILES string of the molecule is Cn1cnnc1-c1ccc(C(F)(F)F)cc1-c1cc(NCCCC#N)nc(N2Cc3c(cc(CN[C@H]4CCC45CC5)cc3C(F)(F)F)C2=O)c1. The molecule has 2 N–H and O–H groups in total. The van der Waals surface area contributed by atoms with E-state index in [0.717, 1.165) is 48.8 Å². The molecule has 0 saturated heterocycles. The molecule has 1 spiro atoms. The number of carbonyl (C=O) groups is 1. The highest BCUT2D eigenvalue weighted by Crippen LogP contribution is 2.60. The van der Waals surface area contributed by atoms with E-state index in [4.69, 9.17) is 5.26 Å². The van der Waals surface area contributed by atoms with Crippen LogP contribution < -0.4 is 15.5 Å². The van der Waals surface area contributed by atoms with E-state index >= 15 is 0 Å². The Bertz CT molecular complexity index is 2010. The van der Waals surface area contributed by atoms with Crippen LogP contribution in [0.3, 0.4) is 0 Å². The van der Waals surface area contributed by atoms with Gasteiger partial charge in [-0.3, -0.25) is 9.69 Å². The van der Waals surface area contributed by atoms with Crippen LogP contribution in [0.2, 0.25) is 0 Å². The topological polar surface area (TPSA) is 112 Å². The van der Waals surface area contributed by atoms with E-state index in [0.29, 0.717) is 17.5 Å². The molecule has 260 valence electrons. The van der Waals surface area contributed by atoms with Gasteiger partial charge in [0.25, 0.3) is 5.91 Å². The molecular formula is C35H32F6N8O. The standard InChI is InChI=1S/C35H32F6N8O/c1-48-19-45-47-31(48)23-5-4-22(34(36,37)38)16-24(23)21-14-29(43-11-3-2-10-42)46-30(15-21)49-18-26-25(32(49)50)12-20(13-27(26)35(39,40)41)17-44-28-6-7-33(28)8-9-33/h4-5,12-16,19,28,44H,2-3,6-9,11,17-18H2,1H3,(H,43,46)/t28-/m0/s1. The summed E-state index contributed by atoms with van der Waals surface area (Å²) in [5, 5.41) is 23.3. The van der Waals surface area contributed by atoms with Crippen molar-refractivity contribution in [3.05, 3.63) is 76.6 Å². The second-order valence-corrected chi connectivity index (χ2v) is 13.2. The van der Waals surface area contributed by atoms with E-state index in [-0.39, 0.29) is 70.7 Å². The zero-order chi connectivity index (χ0) is 35.4. The molecule has 7 rings (SSSR count). The Morgan fingerprint density at radius 2 is 1.80 bits per heavy atom. The van der Waals surface area contributed by atoms with Crippen molar-refractivity contribution < 1.29 is 31.1 Å². The van der Waals surface area contributed by atoms with Crippen molar-refractivity contribution in [1.29, 1.82) is 5.26 Å². The van der Waals surface area contributed by atoms with E-state index < -0.39 is 35.9 Å². The summed E-state index contributed by atoms with van der Waals surface area (Å²) < 4.78 is 86.9. The molecule has 1 atom stereocenters. The number of benzene rings is 2. The van der Waals surface area contributed by atoms with Gasteiger partial charge in [0.15, 0.2) is 5.82 Å². The van der Waals surface area contributed by atoms with Gasteiger partial charge >= 0.3 is 12.4 Å². The van der Waals surface area contributed by atoms with Gasteiger partial charge in [-0.1, -0.05) is 0 Å². The fourth-order valence-corrected chi connectivity index (χ4v) is 6.99. The minimum Gasteiger partial charge on any atom is -0.370 e. The van der Waals surface area contributed by atoms with Crippen LogP contribution in [0.4, 0.5) is 38.0 Å². The van der Waals surface area contributed by atoms with Gasteiger partial charge in [-0.15, -0.1) is 10.2 Å². The lowest BCUT2D eigenvalue weighted by molar-refractivity contribution is -0.138. The third-order valence-corrected chi connectivity index (χ3v) is 9.99. The molecular weight excluding hydrogens is 662 g/mol. The summed E-state index contributed by atoms with van der Waals surface area (Å²) in [6, 6.07) is 10.9. The van der Waals surface area contributed by atoms with Gasteiger partial charge in [0.05, 0.1) is 23.7 Å². The summed E-state index contributed by atoms with van der Waals surface area (Å²) in [6.45, 7) is 0.0136. The number of nitrogens with one attached hydrogen (secondary N) is 2. The largest absolute Gasteiger partial charge is 0.416 e. The maximum atomic E-state index is 14.5. The maximum Gasteiger partial charge on any atom is 0.416 e. The Balaban J connectivity index is 1.30. The van der Waals surface area contributed by atoms with Gasteiger partial charge in [0, 0.05) is 43.7 Å². The number of unbranched alkanes of at least 4 members (excludes halogenated alkanes) is 1. The fourth-order valence-electron chi connectivity index (χ4n) is 6.99.